The molecule has 0 radical (unpaired) electrons. The van der Waals surface area contributed by atoms with Crippen LogP contribution in [-0.2, 0) is 0 Å². The number of fused-ring (bicyclic) bond motifs is 6. The molecule has 0 amide bonds. The Balaban J connectivity index is 1.13. The van der Waals surface area contributed by atoms with Gasteiger partial charge in [0.05, 0.1) is 16.7 Å². The SMILES string of the molecule is c1ccc(-c2ccc(-c3nc(-c4ccccc4)nc(-c4cccc(-c5ccc6c(c5)sc5ccccc56)c4)n3)c(-n3c4ccccc4c4ccccc43)c2)cc1. The maximum absolute atomic E-state index is 5.31. The average molecular weight is 733 g/mol. The van der Waals surface area contributed by atoms with Gasteiger partial charge in [0.1, 0.15) is 0 Å². The molecule has 8 aromatic carbocycles. The zero-order valence-electron chi connectivity index (χ0n) is 30.2. The molecule has 0 aliphatic rings. The number of nitrogens with zero attached hydrogens (tertiary/aromatic N) is 4. The lowest BCUT2D eigenvalue weighted by molar-refractivity contribution is 1.06. The minimum Gasteiger partial charge on any atom is -0.308 e. The monoisotopic (exact) mass is 732 g/mol. The molecule has 5 heteroatoms. The third kappa shape index (κ3) is 5.48. The number of hydrogen-bond acceptors (Lipinski definition) is 4. The van der Waals surface area contributed by atoms with E-state index >= 15 is 0 Å². The molecule has 0 N–H and O–H groups in total. The molecule has 0 fully saturated rings. The van der Waals surface area contributed by atoms with Crippen LogP contribution in [0.25, 0.3) is 104 Å². The van der Waals surface area contributed by atoms with Crippen LogP contribution >= 0.6 is 11.3 Å². The van der Waals surface area contributed by atoms with Crippen molar-refractivity contribution in [2.75, 3.05) is 0 Å². The summed E-state index contributed by atoms with van der Waals surface area (Å²) in [6.07, 6.45) is 0. The first-order chi connectivity index (χ1) is 27.7. The Hall–Kier alpha value is -7.21. The van der Waals surface area contributed by atoms with Crippen molar-refractivity contribution in [2.24, 2.45) is 0 Å². The van der Waals surface area contributed by atoms with Gasteiger partial charge >= 0.3 is 0 Å². The van der Waals surface area contributed by atoms with Gasteiger partial charge in [0.2, 0.25) is 0 Å². The van der Waals surface area contributed by atoms with Crippen molar-refractivity contribution >= 4 is 53.3 Å². The number of rotatable bonds is 6. The van der Waals surface area contributed by atoms with Gasteiger partial charge in [-0.25, -0.2) is 15.0 Å². The Kier molecular flexibility index (Phi) is 7.64. The molecule has 0 aliphatic carbocycles. The normalized spacial score (nSPS) is 11.6. The second kappa shape index (κ2) is 13.3. The van der Waals surface area contributed by atoms with E-state index in [1.807, 2.05) is 29.5 Å². The third-order valence-corrected chi connectivity index (χ3v) is 11.8. The molecule has 0 atom stereocenters. The van der Waals surface area contributed by atoms with Crippen molar-refractivity contribution in [1.82, 2.24) is 19.5 Å². The molecule has 11 aromatic rings. The second-order valence-corrected chi connectivity index (χ2v) is 15.1. The maximum Gasteiger partial charge on any atom is 0.166 e. The van der Waals surface area contributed by atoms with Crippen molar-refractivity contribution in [3.63, 3.8) is 0 Å². The Morgan fingerprint density at radius 2 is 0.839 bits per heavy atom. The summed E-state index contributed by atoms with van der Waals surface area (Å²) < 4.78 is 4.94. The summed E-state index contributed by atoms with van der Waals surface area (Å²) in [7, 11) is 0. The first kappa shape index (κ1) is 32.2. The van der Waals surface area contributed by atoms with E-state index in [0.717, 1.165) is 55.7 Å². The maximum atomic E-state index is 5.31. The van der Waals surface area contributed by atoms with E-state index in [1.165, 1.54) is 30.9 Å². The zero-order chi connectivity index (χ0) is 37.0. The predicted octanol–water partition coefficient (Wildman–Crippen LogP) is 13.7. The molecule has 4 nitrogen and oxygen atoms in total. The molecule has 3 aromatic heterocycles. The number of hydrogen-bond donors (Lipinski definition) is 0. The summed E-state index contributed by atoms with van der Waals surface area (Å²) in [5.74, 6) is 1.87. The smallest absolute Gasteiger partial charge is 0.166 e. The van der Waals surface area contributed by atoms with Gasteiger partial charge in [0.15, 0.2) is 17.5 Å². The summed E-state index contributed by atoms with van der Waals surface area (Å²) in [5.41, 5.74) is 10.6. The highest BCUT2D eigenvalue weighted by Crippen LogP contribution is 2.40. The first-order valence-corrected chi connectivity index (χ1v) is 19.6. The van der Waals surface area contributed by atoms with E-state index in [-0.39, 0.29) is 0 Å². The van der Waals surface area contributed by atoms with Crippen LogP contribution in [0.2, 0.25) is 0 Å². The van der Waals surface area contributed by atoms with Gasteiger partial charge in [-0.05, 0) is 64.7 Å². The average Bonchev–Trinajstić information content (AvgIpc) is 3.82. The van der Waals surface area contributed by atoms with Crippen LogP contribution in [0.5, 0.6) is 0 Å². The fraction of sp³-hybridized carbons (Fsp3) is 0. The standard InChI is InChI=1S/C51H32N4S/c1-3-14-33(15-4-1)36-27-29-43(46(31-36)55-44-23-10-7-20-39(44)40-21-8-11-24-45(40)55)51-53-49(34-16-5-2-6-17-34)52-50(54-51)38-19-13-18-35(30-38)37-26-28-42-41-22-9-12-25-47(41)56-48(42)32-37/h1-32H. The van der Waals surface area contributed by atoms with E-state index in [4.69, 9.17) is 15.0 Å². The topological polar surface area (TPSA) is 43.6 Å². The fourth-order valence-electron chi connectivity index (χ4n) is 7.98. The van der Waals surface area contributed by atoms with E-state index in [0.29, 0.717) is 17.5 Å². The molecular formula is C51H32N4S. The highest BCUT2D eigenvalue weighted by atomic mass is 32.1. The molecule has 0 bridgehead atoms. The molecule has 0 unspecified atom stereocenters. The second-order valence-electron chi connectivity index (χ2n) is 14.0. The molecule has 262 valence electrons. The van der Waals surface area contributed by atoms with Gasteiger partial charge in [-0.15, -0.1) is 11.3 Å². The Labute approximate surface area is 327 Å². The third-order valence-electron chi connectivity index (χ3n) is 10.7. The molecule has 11 rings (SSSR count). The molecule has 0 spiro atoms. The minimum atomic E-state index is 0.613. The Morgan fingerprint density at radius 3 is 1.59 bits per heavy atom. The summed E-state index contributed by atoms with van der Waals surface area (Å²) in [5, 5.41) is 4.99. The van der Waals surface area contributed by atoms with Crippen molar-refractivity contribution in [3.8, 4) is 62.1 Å². The van der Waals surface area contributed by atoms with Crippen LogP contribution in [0.4, 0.5) is 0 Å². The number of para-hydroxylation sites is 2. The summed E-state index contributed by atoms with van der Waals surface area (Å²) in [4.78, 5) is 15.7. The van der Waals surface area contributed by atoms with Crippen LogP contribution in [-0.4, -0.2) is 19.5 Å². The molecule has 56 heavy (non-hydrogen) atoms. The lowest BCUT2D eigenvalue weighted by atomic mass is 10.0. The molecule has 0 aliphatic heterocycles. The Bertz CT molecular complexity index is 3200. The minimum absolute atomic E-state index is 0.613. The van der Waals surface area contributed by atoms with Crippen LogP contribution < -0.4 is 0 Å². The van der Waals surface area contributed by atoms with Gasteiger partial charge in [-0.2, -0.15) is 0 Å². The highest BCUT2D eigenvalue weighted by molar-refractivity contribution is 7.25. The van der Waals surface area contributed by atoms with Crippen LogP contribution in [0.15, 0.2) is 194 Å². The molecular weight excluding hydrogens is 701 g/mol. The fourth-order valence-corrected chi connectivity index (χ4v) is 9.13. The van der Waals surface area contributed by atoms with Gasteiger partial charge in [0, 0.05) is 47.6 Å². The lowest BCUT2D eigenvalue weighted by Crippen LogP contribution is -2.04. The van der Waals surface area contributed by atoms with Crippen LogP contribution in [0.3, 0.4) is 0 Å². The number of aromatic nitrogens is 4. The van der Waals surface area contributed by atoms with Crippen LogP contribution in [0, 0.1) is 0 Å². The highest BCUT2D eigenvalue weighted by Gasteiger charge is 2.20. The van der Waals surface area contributed by atoms with Gasteiger partial charge < -0.3 is 4.57 Å². The summed E-state index contributed by atoms with van der Waals surface area (Å²) in [6.45, 7) is 0. The molecule has 0 saturated carbocycles. The quantitative estimate of drug-likeness (QED) is 0.171. The first-order valence-electron chi connectivity index (χ1n) is 18.8. The van der Waals surface area contributed by atoms with Crippen molar-refractivity contribution in [1.29, 1.82) is 0 Å². The molecule has 3 heterocycles. The van der Waals surface area contributed by atoms with Gasteiger partial charge in [0.25, 0.3) is 0 Å². The van der Waals surface area contributed by atoms with Crippen molar-refractivity contribution in [3.05, 3.63) is 194 Å². The summed E-state index contributed by atoms with van der Waals surface area (Å²) >= 11 is 1.84. The zero-order valence-corrected chi connectivity index (χ0v) is 31.0. The Morgan fingerprint density at radius 1 is 0.321 bits per heavy atom. The number of benzene rings is 8. The van der Waals surface area contributed by atoms with E-state index in [2.05, 4.69) is 180 Å². The van der Waals surface area contributed by atoms with E-state index in [9.17, 15) is 0 Å². The summed E-state index contributed by atoms with van der Waals surface area (Å²) in [6, 6.07) is 68.6. The number of thiophene rings is 1. The lowest BCUT2D eigenvalue weighted by Gasteiger charge is -2.16. The predicted molar refractivity (Wildman–Crippen MR) is 234 cm³/mol. The van der Waals surface area contributed by atoms with Gasteiger partial charge in [-0.1, -0.05) is 152 Å². The van der Waals surface area contributed by atoms with Crippen molar-refractivity contribution in [2.45, 2.75) is 0 Å². The van der Waals surface area contributed by atoms with E-state index in [1.54, 1.807) is 0 Å². The van der Waals surface area contributed by atoms with Crippen molar-refractivity contribution < 1.29 is 0 Å². The molecule has 0 saturated heterocycles. The van der Waals surface area contributed by atoms with Crippen LogP contribution in [0.1, 0.15) is 0 Å². The van der Waals surface area contributed by atoms with Gasteiger partial charge in [-0.3, -0.25) is 0 Å². The van der Waals surface area contributed by atoms with E-state index < -0.39 is 0 Å². The largest absolute Gasteiger partial charge is 0.308 e.